The lowest BCUT2D eigenvalue weighted by Gasteiger charge is -2.19. The van der Waals surface area contributed by atoms with Crippen molar-refractivity contribution in [3.63, 3.8) is 0 Å². The molecule has 3 nitrogen and oxygen atoms in total. The third-order valence-electron chi connectivity index (χ3n) is 4.58. The van der Waals surface area contributed by atoms with Crippen LogP contribution < -0.4 is 4.74 Å². The smallest absolute Gasteiger partial charge is 0.382 e. The number of aliphatic carboxylic acids is 1. The van der Waals surface area contributed by atoms with E-state index < -0.39 is 5.97 Å². The molecule has 146 valence electrons. The van der Waals surface area contributed by atoms with Crippen molar-refractivity contribution >= 4 is 5.97 Å². The first-order valence-electron chi connectivity index (χ1n) is 9.49. The summed E-state index contributed by atoms with van der Waals surface area (Å²) in [6, 6.07) is 24.1. The molecule has 0 saturated carbocycles. The van der Waals surface area contributed by atoms with Gasteiger partial charge in [0.15, 0.2) is 0 Å². The molecule has 0 saturated heterocycles. The number of carboxylic acids is 1. The second-order valence-corrected chi connectivity index (χ2v) is 7.90. The van der Waals surface area contributed by atoms with Gasteiger partial charge in [-0.2, -0.15) is 0 Å². The second kappa shape index (κ2) is 8.67. The van der Waals surface area contributed by atoms with Crippen LogP contribution in [0.15, 0.2) is 72.8 Å². The Morgan fingerprint density at radius 1 is 0.931 bits per heavy atom. The number of hydrogen-bond donors (Lipinski definition) is 1. The van der Waals surface area contributed by atoms with E-state index in [1.54, 1.807) is 24.3 Å². The van der Waals surface area contributed by atoms with Crippen molar-refractivity contribution < 1.29 is 14.6 Å². The number of rotatable bonds is 4. The predicted molar refractivity (Wildman–Crippen MR) is 116 cm³/mol. The molecular weight excluding hydrogens is 360 g/mol. The van der Waals surface area contributed by atoms with Gasteiger partial charge in [-0.1, -0.05) is 69.2 Å². The highest BCUT2D eigenvalue weighted by atomic mass is 16.5. The number of benzene rings is 3. The minimum absolute atomic E-state index is 0.142. The number of ether oxygens (including phenoxy) is 1. The minimum atomic E-state index is -1.14. The van der Waals surface area contributed by atoms with E-state index in [1.165, 1.54) is 11.1 Å². The van der Waals surface area contributed by atoms with Crippen LogP contribution in [0.4, 0.5) is 0 Å². The van der Waals surface area contributed by atoms with Crippen LogP contribution in [-0.4, -0.2) is 11.1 Å². The molecule has 0 atom stereocenters. The Morgan fingerprint density at radius 2 is 1.62 bits per heavy atom. The van der Waals surface area contributed by atoms with Crippen LogP contribution in [0.5, 0.6) is 5.75 Å². The van der Waals surface area contributed by atoms with Gasteiger partial charge in [0.05, 0.1) is 0 Å². The highest BCUT2D eigenvalue weighted by molar-refractivity contribution is 5.87. The van der Waals surface area contributed by atoms with Gasteiger partial charge in [0.2, 0.25) is 0 Å². The average molecular weight is 384 g/mol. The molecule has 1 N–H and O–H groups in total. The third kappa shape index (κ3) is 5.73. The maximum absolute atomic E-state index is 10.5. The first kappa shape index (κ1) is 20.2. The van der Waals surface area contributed by atoms with E-state index in [1.807, 2.05) is 12.1 Å². The van der Waals surface area contributed by atoms with Crippen LogP contribution in [0.25, 0.3) is 11.1 Å². The predicted octanol–water partition coefficient (Wildman–Crippen LogP) is 5.67. The molecule has 0 fully saturated rings. The molecule has 3 heteroatoms. The first-order valence-corrected chi connectivity index (χ1v) is 9.49. The van der Waals surface area contributed by atoms with Gasteiger partial charge >= 0.3 is 5.97 Å². The summed E-state index contributed by atoms with van der Waals surface area (Å²) in [5, 5.41) is 8.60. The molecule has 0 aliphatic carbocycles. The summed E-state index contributed by atoms with van der Waals surface area (Å²) >= 11 is 0. The Morgan fingerprint density at radius 3 is 2.24 bits per heavy atom. The first-order chi connectivity index (χ1) is 13.8. The van der Waals surface area contributed by atoms with Crippen molar-refractivity contribution in [1.82, 2.24) is 0 Å². The summed E-state index contributed by atoms with van der Waals surface area (Å²) < 4.78 is 5.86. The zero-order chi connectivity index (χ0) is 20.9. The second-order valence-electron chi connectivity index (χ2n) is 7.90. The molecule has 0 aliphatic heterocycles. The summed E-state index contributed by atoms with van der Waals surface area (Å²) in [4.78, 5) is 10.5. The van der Waals surface area contributed by atoms with Crippen molar-refractivity contribution in [3.8, 4) is 28.7 Å². The molecule has 0 heterocycles. The lowest BCUT2D eigenvalue weighted by Crippen LogP contribution is -2.10. The molecule has 29 heavy (non-hydrogen) atoms. The van der Waals surface area contributed by atoms with Gasteiger partial charge in [0.25, 0.3) is 0 Å². The summed E-state index contributed by atoms with van der Waals surface area (Å²) in [5.41, 5.74) is 5.52. The third-order valence-corrected chi connectivity index (χ3v) is 4.58. The standard InChI is InChI=1S/C26H24O3/c1-26(2,3)23-12-10-21(11-13-23)22-6-4-5-20(17-22)18-29-24-14-7-19(8-15-24)9-16-25(27)28/h4-8,10-15,17H,18H2,1-3H3,(H,27,28). The zero-order valence-corrected chi connectivity index (χ0v) is 16.9. The summed E-state index contributed by atoms with van der Waals surface area (Å²) in [6.07, 6.45) is 0. The fourth-order valence-electron chi connectivity index (χ4n) is 2.93. The number of hydrogen-bond acceptors (Lipinski definition) is 2. The Kier molecular flexibility index (Phi) is 6.04. The molecule has 3 aromatic carbocycles. The maximum atomic E-state index is 10.5. The lowest BCUT2D eigenvalue weighted by atomic mass is 9.86. The van der Waals surface area contributed by atoms with E-state index in [-0.39, 0.29) is 5.41 Å². The monoisotopic (exact) mass is 384 g/mol. The van der Waals surface area contributed by atoms with Crippen molar-refractivity contribution in [2.24, 2.45) is 0 Å². The number of carboxylic acid groups (broad SMARTS) is 1. The van der Waals surface area contributed by atoms with E-state index >= 15 is 0 Å². The minimum Gasteiger partial charge on any atom is -0.489 e. The highest BCUT2D eigenvalue weighted by Gasteiger charge is 2.13. The van der Waals surface area contributed by atoms with E-state index in [9.17, 15) is 4.79 Å². The van der Waals surface area contributed by atoms with Crippen molar-refractivity contribution in [2.75, 3.05) is 0 Å². The summed E-state index contributed by atoms with van der Waals surface area (Å²) in [6.45, 7) is 7.09. The molecule has 0 aromatic heterocycles. The van der Waals surface area contributed by atoms with Gasteiger partial charge in [-0.25, -0.2) is 4.79 Å². The van der Waals surface area contributed by atoms with E-state index in [4.69, 9.17) is 9.84 Å². The molecule has 0 aliphatic rings. The Bertz CT molecular complexity index is 1040. The van der Waals surface area contributed by atoms with Crippen LogP contribution in [0, 0.1) is 11.8 Å². The maximum Gasteiger partial charge on any atom is 0.382 e. The molecule has 0 amide bonds. The van der Waals surface area contributed by atoms with Crippen LogP contribution in [0.1, 0.15) is 37.5 Å². The van der Waals surface area contributed by atoms with E-state index in [2.05, 4.69) is 69.0 Å². The Labute approximate surface area is 172 Å². The molecule has 0 spiro atoms. The molecule has 0 radical (unpaired) electrons. The molecule has 0 unspecified atom stereocenters. The summed E-state index contributed by atoms with van der Waals surface area (Å²) in [5.74, 6) is 4.25. The van der Waals surface area contributed by atoms with Crippen LogP contribution in [0.3, 0.4) is 0 Å². The van der Waals surface area contributed by atoms with Gasteiger partial charge in [0, 0.05) is 11.5 Å². The Hall–Kier alpha value is -3.51. The topological polar surface area (TPSA) is 46.5 Å². The molecular formula is C26H24O3. The normalized spacial score (nSPS) is 10.7. The van der Waals surface area contributed by atoms with Crippen molar-refractivity contribution in [1.29, 1.82) is 0 Å². The van der Waals surface area contributed by atoms with Crippen molar-refractivity contribution in [3.05, 3.63) is 89.5 Å². The van der Waals surface area contributed by atoms with Crippen LogP contribution in [-0.2, 0) is 16.8 Å². The molecule has 3 aromatic rings. The summed E-state index contributed by atoms with van der Waals surface area (Å²) in [7, 11) is 0. The van der Waals surface area contributed by atoms with Gasteiger partial charge in [0.1, 0.15) is 12.4 Å². The molecule has 0 bridgehead atoms. The zero-order valence-electron chi connectivity index (χ0n) is 16.9. The van der Waals surface area contributed by atoms with Gasteiger partial charge in [-0.15, -0.1) is 0 Å². The largest absolute Gasteiger partial charge is 0.489 e. The van der Waals surface area contributed by atoms with Crippen LogP contribution >= 0.6 is 0 Å². The fraction of sp³-hybridized carbons (Fsp3) is 0.192. The average Bonchev–Trinajstić information content (AvgIpc) is 2.71. The highest BCUT2D eigenvalue weighted by Crippen LogP contribution is 2.27. The van der Waals surface area contributed by atoms with Gasteiger partial charge in [-0.05, 0) is 58.0 Å². The van der Waals surface area contributed by atoms with E-state index in [0.29, 0.717) is 17.9 Å². The van der Waals surface area contributed by atoms with Crippen molar-refractivity contribution in [2.45, 2.75) is 32.8 Å². The lowest BCUT2D eigenvalue weighted by molar-refractivity contribution is -0.130. The van der Waals surface area contributed by atoms with Crippen LogP contribution in [0.2, 0.25) is 0 Å². The Balaban J connectivity index is 1.67. The fourth-order valence-corrected chi connectivity index (χ4v) is 2.93. The quantitative estimate of drug-likeness (QED) is 0.590. The van der Waals surface area contributed by atoms with Gasteiger partial charge < -0.3 is 9.84 Å². The SMILES string of the molecule is CC(C)(C)c1ccc(-c2cccc(COc3ccc(C#CC(=O)O)cc3)c2)cc1. The number of carbonyl (C=O) groups is 1. The van der Waals surface area contributed by atoms with E-state index in [0.717, 1.165) is 11.1 Å². The van der Waals surface area contributed by atoms with Gasteiger partial charge in [-0.3, -0.25) is 0 Å². The molecule has 3 rings (SSSR count).